The van der Waals surface area contributed by atoms with Gasteiger partial charge in [-0.05, 0) is 57.7 Å². The number of phenols is 1. The van der Waals surface area contributed by atoms with Gasteiger partial charge in [0, 0.05) is 10.2 Å². The van der Waals surface area contributed by atoms with E-state index in [2.05, 4.69) is 26.0 Å². The van der Waals surface area contributed by atoms with Crippen molar-refractivity contribution in [3.05, 3.63) is 70.0 Å². The normalized spacial score (nSPS) is 11.0. The molecule has 3 rings (SSSR count). The molecule has 1 aromatic heterocycles. The van der Waals surface area contributed by atoms with E-state index >= 15 is 0 Å². The molecule has 0 radical (unpaired) electrons. The number of nitrogens with one attached hydrogen (secondary N) is 2. The number of rotatable bonds is 7. The van der Waals surface area contributed by atoms with Crippen molar-refractivity contribution in [1.29, 1.82) is 0 Å². The Morgan fingerprint density at radius 3 is 2.57 bits per heavy atom. The van der Waals surface area contributed by atoms with E-state index in [4.69, 9.17) is 4.74 Å². The molecule has 0 atom stereocenters. The van der Waals surface area contributed by atoms with Gasteiger partial charge >= 0.3 is 5.97 Å². The van der Waals surface area contributed by atoms with E-state index in [0.717, 1.165) is 23.5 Å². The molecule has 0 saturated carbocycles. The number of anilines is 2. The Balaban J connectivity index is 1.66. The van der Waals surface area contributed by atoms with Crippen LogP contribution in [0.1, 0.15) is 10.4 Å². The van der Waals surface area contributed by atoms with Crippen LogP contribution in [-0.2, 0) is 19.6 Å². The van der Waals surface area contributed by atoms with Crippen LogP contribution < -0.4 is 10.0 Å². The number of phenolic OH excluding ortho intramolecular Hbond substituents is 1. The number of ether oxygens (including phenoxy) is 1. The van der Waals surface area contributed by atoms with E-state index < -0.39 is 34.3 Å². The number of benzene rings is 2. The third-order valence-electron chi connectivity index (χ3n) is 3.71. The highest BCUT2D eigenvalue weighted by atomic mass is 79.9. The molecule has 0 saturated heterocycles. The molecule has 0 aliphatic carbocycles. The lowest BCUT2D eigenvalue weighted by Crippen LogP contribution is -2.21. The van der Waals surface area contributed by atoms with E-state index in [-0.39, 0.29) is 15.5 Å². The second kappa shape index (κ2) is 9.28. The zero-order valence-corrected chi connectivity index (χ0v) is 18.4. The van der Waals surface area contributed by atoms with Crippen molar-refractivity contribution in [1.82, 2.24) is 0 Å². The molecule has 8 nitrogen and oxygen atoms in total. The summed E-state index contributed by atoms with van der Waals surface area (Å²) < 4.78 is 32.6. The van der Waals surface area contributed by atoms with Gasteiger partial charge in [0.15, 0.2) is 6.61 Å². The predicted octanol–water partition coefficient (Wildman–Crippen LogP) is 3.81. The molecule has 1 heterocycles. The van der Waals surface area contributed by atoms with Gasteiger partial charge in [-0.15, -0.1) is 11.3 Å². The Bertz CT molecular complexity index is 1180. The minimum absolute atomic E-state index is 0.0609. The molecular weight excluding hydrogens is 496 g/mol. The van der Waals surface area contributed by atoms with E-state index in [0.29, 0.717) is 10.2 Å². The number of halogens is 1. The number of thiophene rings is 1. The first kappa shape index (κ1) is 21.8. The highest BCUT2D eigenvalue weighted by Gasteiger charge is 2.19. The minimum atomic E-state index is -3.82. The first-order chi connectivity index (χ1) is 14.3. The Hall–Kier alpha value is -2.89. The maximum atomic E-state index is 12.3. The van der Waals surface area contributed by atoms with Gasteiger partial charge in [-0.25, -0.2) is 13.2 Å². The van der Waals surface area contributed by atoms with Gasteiger partial charge < -0.3 is 15.2 Å². The number of aromatic hydroxyl groups is 1. The lowest BCUT2D eigenvalue weighted by molar-refractivity contribution is -0.119. The smallest absolute Gasteiger partial charge is 0.342 e. The second-order valence-electron chi connectivity index (χ2n) is 5.87. The number of esters is 1. The zero-order valence-electron chi connectivity index (χ0n) is 15.2. The van der Waals surface area contributed by atoms with Crippen LogP contribution in [0.15, 0.2) is 68.7 Å². The van der Waals surface area contributed by atoms with E-state index in [9.17, 15) is 23.1 Å². The molecule has 0 unspecified atom stereocenters. The Morgan fingerprint density at radius 1 is 1.10 bits per heavy atom. The maximum absolute atomic E-state index is 12.3. The van der Waals surface area contributed by atoms with Crippen LogP contribution in [0, 0.1) is 0 Å². The summed E-state index contributed by atoms with van der Waals surface area (Å²) in [5.41, 5.74) is 0.285. The summed E-state index contributed by atoms with van der Waals surface area (Å²) in [6.07, 6.45) is 0. The highest BCUT2D eigenvalue weighted by Crippen LogP contribution is 2.26. The molecule has 0 spiro atoms. The number of carbonyl (C=O) groups is 2. The van der Waals surface area contributed by atoms with Crippen LogP contribution in [0.2, 0.25) is 0 Å². The third-order valence-corrected chi connectivity index (χ3v) is 7.18. The maximum Gasteiger partial charge on any atom is 0.342 e. The zero-order chi connectivity index (χ0) is 21.7. The molecule has 11 heteroatoms. The number of carbonyl (C=O) groups excluding carboxylic acids is 2. The number of para-hydroxylation sites is 1. The standard InChI is InChI=1S/C19H15BrN2O6S2/c20-14-4-1-2-5-15(14)21-17(24)11-28-19(25)13-10-12(7-8-16(13)23)22-30(26,27)18-6-3-9-29-18/h1-10,22-23H,11H2,(H,21,24). The molecule has 1 amide bonds. The number of hydrogen-bond donors (Lipinski definition) is 3. The molecule has 156 valence electrons. The van der Waals surface area contributed by atoms with Crippen molar-refractivity contribution in [2.75, 3.05) is 16.6 Å². The van der Waals surface area contributed by atoms with Crippen LogP contribution in [-0.4, -0.2) is 32.0 Å². The molecule has 0 aliphatic heterocycles. The summed E-state index contributed by atoms with van der Waals surface area (Å²) in [6.45, 7) is -0.593. The average Bonchev–Trinajstić information content (AvgIpc) is 3.25. The highest BCUT2D eigenvalue weighted by molar-refractivity contribution is 9.10. The van der Waals surface area contributed by atoms with E-state index in [1.54, 1.807) is 35.7 Å². The van der Waals surface area contributed by atoms with Crippen molar-refractivity contribution >= 4 is 60.5 Å². The lowest BCUT2D eigenvalue weighted by Gasteiger charge is -2.11. The van der Waals surface area contributed by atoms with Crippen LogP contribution in [0.25, 0.3) is 0 Å². The van der Waals surface area contributed by atoms with Gasteiger partial charge in [0.2, 0.25) is 0 Å². The van der Waals surface area contributed by atoms with Crippen molar-refractivity contribution in [2.45, 2.75) is 4.21 Å². The van der Waals surface area contributed by atoms with Gasteiger partial charge in [0.25, 0.3) is 15.9 Å². The minimum Gasteiger partial charge on any atom is -0.507 e. The van der Waals surface area contributed by atoms with Crippen molar-refractivity contribution in [3.8, 4) is 5.75 Å². The molecular formula is C19H15BrN2O6S2. The summed E-state index contributed by atoms with van der Waals surface area (Å²) in [5, 5.41) is 14.1. The quantitative estimate of drug-likeness (QED) is 0.328. The SMILES string of the molecule is O=C(COC(=O)c1cc(NS(=O)(=O)c2cccs2)ccc1O)Nc1ccccc1Br. The Morgan fingerprint density at radius 2 is 1.87 bits per heavy atom. The average molecular weight is 511 g/mol. The fraction of sp³-hybridized carbons (Fsp3) is 0.0526. The van der Waals surface area contributed by atoms with Crippen LogP contribution in [0.4, 0.5) is 11.4 Å². The summed E-state index contributed by atoms with van der Waals surface area (Å²) >= 11 is 4.32. The van der Waals surface area contributed by atoms with E-state index in [1.807, 2.05) is 0 Å². The van der Waals surface area contributed by atoms with Crippen molar-refractivity contribution < 1.29 is 27.9 Å². The predicted molar refractivity (Wildman–Crippen MR) is 116 cm³/mol. The van der Waals surface area contributed by atoms with Crippen LogP contribution >= 0.6 is 27.3 Å². The first-order valence-electron chi connectivity index (χ1n) is 8.37. The van der Waals surface area contributed by atoms with Crippen molar-refractivity contribution in [3.63, 3.8) is 0 Å². The Kier molecular flexibility index (Phi) is 6.75. The van der Waals surface area contributed by atoms with Gasteiger partial charge in [-0.2, -0.15) is 0 Å². The van der Waals surface area contributed by atoms with Crippen LogP contribution in [0.3, 0.4) is 0 Å². The molecule has 3 aromatic rings. The fourth-order valence-corrected chi connectivity index (χ4v) is 4.77. The van der Waals surface area contributed by atoms with Crippen molar-refractivity contribution in [2.24, 2.45) is 0 Å². The topological polar surface area (TPSA) is 122 Å². The number of hydrogen-bond acceptors (Lipinski definition) is 7. The molecule has 0 fully saturated rings. The van der Waals surface area contributed by atoms with Gasteiger partial charge in [-0.3, -0.25) is 9.52 Å². The first-order valence-corrected chi connectivity index (χ1v) is 11.5. The summed E-state index contributed by atoms with van der Waals surface area (Å²) in [6, 6.07) is 13.5. The van der Waals surface area contributed by atoms with Gasteiger partial charge in [-0.1, -0.05) is 18.2 Å². The number of sulfonamides is 1. The molecule has 2 aromatic carbocycles. The number of amides is 1. The molecule has 30 heavy (non-hydrogen) atoms. The summed E-state index contributed by atoms with van der Waals surface area (Å²) in [5.74, 6) is -1.97. The molecule has 0 bridgehead atoms. The summed E-state index contributed by atoms with van der Waals surface area (Å²) in [4.78, 5) is 24.3. The fourth-order valence-electron chi connectivity index (χ4n) is 2.34. The lowest BCUT2D eigenvalue weighted by atomic mass is 10.2. The molecule has 0 aliphatic rings. The monoisotopic (exact) mass is 510 g/mol. The van der Waals surface area contributed by atoms with Gasteiger partial charge in [0.1, 0.15) is 15.5 Å². The van der Waals surface area contributed by atoms with E-state index in [1.165, 1.54) is 12.1 Å². The van der Waals surface area contributed by atoms with Crippen LogP contribution in [0.5, 0.6) is 5.75 Å². The van der Waals surface area contributed by atoms with Gasteiger partial charge in [0.05, 0.1) is 5.69 Å². The molecule has 3 N–H and O–H groups in total. The Labute approximate surface area is 184 Å². The largest absolute Gasteiger partial charge is 0.507 e. The third kappa shape index (κ3) is 5.38. The summed E-state index contributed by atoms with van der Waals surface area (Å²) in [7, 11) is -3.82. The second-order valence-corrected chi connectivity index (χ2v) is 9.58.